The second-order valence-corrected chi connectivity index (χ2v) is 9.46. The van der Waals surface area contributed by atoms with Crippen LogP contribution in [0.3, 0.4) is 0 Å². The molecule has 0 saturated carbocycles. The van der Waals surface area contributed by atoms with Crippen LogP contribution in [0.25, 0.3) is 0 Å². The van der Waals surface area contributed by atoms with Crippen LogP contribution >= 0.6 is 0 Å². The lowest BCUT2D eigenvalue weighted by Gasteiger charge is -2.18. The molecule has 33 heavy (non-hydrogen) atoms. The Hall–Kier alpha value is -2.04. The third-order valence-corrected chi connectivity index (χ3v) is 6.99. The highest BCUT2D eigenvalue weighted by molar-refractivity contribution is 5.49. The molecule has 4 heteroatoms. The minimum Gasteiger partial charge on any atom is -0.490 e. The molecule has 0 N–H and O–H groups in total. The Balaban J connectivity index is 1.55. The van der Waals surface area contributed by atoms with Crippen molar-refractivity contribution in [1.82, 2.24) is 0 Å². The molecule has 2 aromatic carbocycles. The first-order valence-corrected chi connectivity index (χ1v) is 12.8. The molecule has 0 spiro atoms. The van der Waals surface area contributed by atoms with Crippen molar-refractivity contribution in [2.24, 2.45) is 0 Å². The molecule has 4 atom stereocenters. The van der Waals surface area contributed by atoms with E-state index in [0.29, 0.717) is 25.4 Å². The van der Waals surface area contributed by atoms with Gasteiger partial charge in [-0.25, -0.2) is 0 Å². The van der Waals surface area contributed by atoms with E-state index in [4.69, 9.17) is 18.9 Å². The van der Waals surface area contributed by atoms with Gasteiger partial charge in [-0.05, 0) is 79.3 Å². The molecule has 2 aromatic rings. The molecule has 2 heterocycles. The van der Waals surface area contributed by atoms with Gasteiger partial charge in [0.05, 0.1) is 12.2 Å². The predicted octanol–water partition coefficient (Wildman–Crippen LogP) is 5.86. The number of aryl methyl sites for hydroxylation is 4. The Morgan fingerprint density at radius 1 is 0.606 bits per heavy atom. The van der Waals surface area contributed by atoms with Gasteiger partial charge in [0.1, 0.15) is 36.9 Å². The van der Waals surface area contributed by atoms with Crippen LogP contribution in [0.15, 0.2) is 24.3 Å². The Morgan fingerprint density at radius 2 is 0.909 bits per heavy atom. The molecular formula is C29H40O4. The summed E-state index contributed by atoms with van der Waals surface area (Å²) in [6, 6.07) is 9.33. The maximum absolute atomic E-state index is 6.25. The van der Waals surface area contributed by atoms with E-state index in [2.05, 4.69) is 65.8 Å². The van der Waals surface area contributed by atoms with E-state index in [1.54, 1.807) is 0 Å². The first kappa shape index (κ1) is 24.1. The van der Waals surface area contributed by atoms with Crippen molar-refractivity contribution in [1.29, 1.82) is 0 Å². The van der Waals surface area contributed by atoms with Crippen molar-refractivity contribution in [3.63, 3.8) is 0 Å². The maximum atomic E-state index is 6.25. The van der Waals surface area contributed by atoms with Gasteiger partial charge in [0.2, 0.25) is 0 Å². The van der Waals surface area contributed by atoms with Crippen LogP contribution in [0.1, 0.15) is 74.9 Å². The van der Waals surface area contributed by atoms with E-state index in [1.807, 2.05) is 0 Å². The number of rotatable bonds is 12. The Morgan fingerprint density at radius 3 is 1.15 bits per heavy atom. The predicted molar refractivity (Wildman–Crippen MR) is 133 cm³/mol. The molecular weight excluding hydrogens is 412 g/mol. The molecule has 0 aromatic heterocycles. The zero-order valence-corrected chi connectivity index (χ0v) is 21.2. The van der Waals surface area contributed by atoms with Gasteiger partial charge in [-0.3, -0.25) is 0 Å². The smallest absolute Gasteiger partial charge is 0.125 e. The van der Waals surface area contributed by atoms with Gasteiger partial charge in [0.25, 0.3) is 0 Å². The lowest BCUT2D eigenvalue weighted by Crippen LogP contribution is -2.10. The fourth-order valence-electron chi connectivity index (χ4n) is 4.66. The molecule has 0 radical (unpaired) electrons. The first-order chi connectivity index (χ1) is 16.0. The van der Waals surface area contributed by atoms with Crippen LogP contribution in [0, 0.1) is 0 Å². The zero-order chi connectivity index (χ0) is 23.5. The Kier molecular flexibility index (Phi) is 7.65. The number of epoxide rings is 2. The minimum absolute atomic E-state index is 0.245. The van der Waals surface area contributed by atoms with E-state index < -0.39 is 0 Å². The highest BCUT2D eigenvalue weighted by atomic mass is 16.6. The van der Waals surface area contributed by atoms with Gasteiger partial charge in [0.15, 0.2) is 0 Å². The van der Waals surface area contributed by atoms with Crippen molar-refractivity contribution in [3.8, 4) is 11.5 Å². The molecule has 4 rings (SSSR count). The van der Waals surface area contributed by atoms with Crippen molar-refractivity contribution in [3.05, 3.63) is 57.6 Å². The SMILES string of the molecule is CCc1cc(Cc2cc(CC)c(OCC3OC3C)c(CC)c2)cc(CC)c1OCC1OC1C. The van der Waals surface area contributed by atoms with E-state index in [9.17, 15) is 0 Å². The largest absolute Gasteiger partial charge is 0.490 e. The van der Waals surface area contributed by atoms with Crippen molar-refractivity contribution >= 4 is 0 Å². The highest BCUT2D eigenvalue weighted by Crippen LogP contribution is 2.33. The van der Waals surface area contributed by atoms with Crippen LogP contribution in [0.5, 0.6) is 11.5 Å². The van der Waals surface area contributed by atoms with Crippen LogP contribution in [-0.2, 0) is 41.6 Å². The van der Waals surface area contributed by atoms with Gasteiger partial charge in [-0.1, -0.05) is 52.0 Å². The topological polar surface area (TPSA) is 43.5 Å². The second kappa shape index (κ2) is 10.5. The Bertz CT molecular complexity index is 839. The average molecular weight is 453 g/mol. The second-order valence-electron chi connectivity index (χ2n) is 9.46. The number of hydrogen-bond acceptors (Lipinski definition) is 4. The number of ether oxygens (including phenoxy) is 4. The van der Waals surface area contributed by atoms with Crippen LogP contribution in [-0.4, -0.2) is 37.6 Å². The van der Waals surface area contributed by atoms with E-state index >= 15 is 0 Å². The van der Waals surface area contributed by atoms with Crippen molar-refractivity contribution < 1.29 is 18.9 Å². The number of hydrogen-bond donors (Lipinski definition) is 0. The molecule has 2 aliphatic heterocycles. The normalized spacial score (nSPS) is 23.5. The van der Waals surface area contributed by atoms with Gasteiger partial charge >= 0.3 is 0 Å². The average Bonchev–Trinajstić information content (AvgIpc) is 3.73. The fraction of sp³-hybridized carbons (Fsp3) is 0.586. The molecule has 0 amide bonds. The standard InChI is InChI=1S/C29H40O4/c1-7-22-12-20(13-23(8-2)28(22)30-16-26-18(5)32-26)11-21-14-24(9-3)29(25(10-4)15-21)31-17-27-19(6)33-27/h12-15,18-19,26-27H,7-11,16-17H2,1-6H3. The van der Waals surface area contributed by atoms with Gasteiger partial charge in [-0.2, -0.15) is 0 Å². The van der Waals surface area contributed by atoms with E-state index in [1.165, 1.54) is 33.4 Å². The maximum Gasteiger partial charge on any atom is 0.125 e. The van der Waals surface area contributed by atoms with Crippen LogP contribution in [0.4, 0.5) is 0 Å². The third kappa shape index (κ3) is 5.73. The van der Waals surface area contributed by atoms with Crippen LogP contribution in [0.2, 0.25) is 0 Å². The van der Waals surface area contributed by atoms with E-state index in [-0.39, 0.29) is 12.2 Å². The molecule has 4 nitrogen and oxygen atoms in total. The minimum atomic E-state index is 0.245. The monoisotopic (exact) mass is 452 g/mol. The Labute approximate surface area is 199 Å². The lowest BCUT2D eigenvalue weighted by atomic mass is 9.93. The fourth-order valence-corrected chi connectivity index (χ4v) is 4.66. The lowest BCUT2D eigenvalue weighted by molar-refractivity contribution is 0.257. The van der Waals surface area contributed by atoms with Gasteiger partial charge in [0, 0.05) is 0 Å². The first-order valence-electron chi connectivity index (χ1n) is 12.8. The molecule has 2 fully saturated rings. The van der Waals surface area contributed by atoms with Crippen molar-refractivity contribution in [2.75, 3.05) is 13.2 Å². The summed E-state index contributed by atoms with van der Waals surface area (Å²) < 4.78 is 23.6. The third-order valence-electron chi connectivity index (χ3n) is 6.99. The number of benzene rings is 2. The summed E-state index contributed by atoms with van der Waals surface area (Å²) in [6.45, 7) is 14.3. The summed E-state index contributed by atoms with van der Waals surface area (Å²) in [7, 11) is 0. The molecule has 0 aliphatic carbocycles. The molecule has 4 unspecified atom stereocenters. The van der Waals surface area contributed by atoms with Crippen LogP contribution < -0.4 is 9.47 Å². The quantitative estimate of drug-likeness (QED) is 0.378. The molecule has 2 saturated heterocycles. The van der Waals surface area contributed by atoms with Gasteiger partial charge in [-0.15, -0.1) is 0 Å². The van der Waals surface area contributed by atoms with E-state index in [0.717, 1.165) is 43.6 Å². The summed E-state index contributed by atoms with van der Waals surface area (Å²) in [5, 5.41) is 0. The van der Waals surface area contributed by atoms with Gasteiger partial charge < -0.3 is 18.9 Å². The molecule has 180 valence electrons. The summed E-state index contributed by atoms with van der Waals surface area (Å²) in [5.41, 5.74) is 7.88. The summed E-state index contributed by atoms with van der Waals surface area (Å²) >= 11 is 0. The summed E-state index contributed by atoms with van der Waals surface area (Å²) in [4.78, 5) is 0. The summed E-state index contributed by atoms with van der Waals surface area (Å²) in [5.74, 6) is 2.13. The summed E-state index contributed by atoms with van der Waals surface area (Å²) in [6.07, 6.45) is 5.92. The van der Waals surface area contributed by atoms with Crippen molar-refractivity contribution in [2.45, 2.75) is 98.1 Å². The molecule has 0 bridgehead atoms. The molecule has 2 aliphatic rings. The zero-order valence-electron chi connectivity index (χ0n) is 21.2. The highest BCUT2D eigenvalue weighted by Gasteiger charge is 2.35.